The van der Waals surface area contributed by atoms with Crippen molar-refractivity contribution in [3.63, 3.8) is 0 Å². The van der Waals surface area contributed by atoms with Gasteiger partial charge >= 0.3 is 168 Å². The molecule has 1 N–H and O–H groups in total. The van der Waals surface area contributed by atoms with E-state index in [2.05, 4.69) is 9.47 Å². The second-order valence-corrected chi connectivity index (χ2v) is 7.76. The number of ether oxygens (including phenoxy) is 3. The average Bonchev–Trinajstić information content (AvgIpc) is 2.61. The molecule has 0 bridgehead atoms. The monoisotopic (exact) mass is 388 g/mol. The molecule has 0 saturated carbocycles. The number of carbonyl (C=O) groups excluding carboxylic acids is 2. The molecule has 0 atom stereocenters. The Morgan fingerprint density at radius 1 is 0.962 bits per heavy atom. The molecule has 0 spiro atoms. The Hall–Kier alpha value is -1.91. The van der Waals surface area contributed by atoms with Crippen LogP contribution in [0.3, 0.4) is 0 Å². The molecule has 8 nitrogen and oxygen atoms in total. The quantitative estimate of drug-likeness (QED) is 0.460. The van der Waals surface area contributed by atoms with Crippen LogP contribution in [0, 0.1) is 0 Å². The average molecular weight is 388 g/mol. The number of hydrogen-bond donors (Lipinski definition) is 1. The Morgan fingerprint density at radius 2 is 1.58 bits per heavy atom. The van der Waals surface area contributed by atoms with Gasteiger partial charge in [0.15, 0.2) is 0 Å². The first-order valence-electron chi connectivity index (χ1n) is 7.24. The molecule has 0 unspecified atom stereocenters. The zero-order valence-electron chi connectivity index (χ0n) is 14.2. The normalized spacial score (nSPS) is 11.0. The standard InChI is InChI=1S/C16H13O8S.Na/c1-22-15(17)11-8-7-10(9-12(11)16(18)23-2)24-13-5-3-4-6-14(13)25(19,20)21;/h3,5-9H,1-2H3,(H,19,20,21);. The van der Waals surface area contributed by atoms with Crippen molar-refractivity contribution < 1.29 is 36.8 Å². The van der Waals surface area contributed by atoms with E-state index in [0.29, 0.717) is 27.9 Å². The summed E-state index contributed by atoms with van der Waals surface area (Å²) in [5, 5.41) is 0. The summed E-state index contributed by atoms with van der Waals surface area (Å²) in [7, 11) is -2.18. The van der Waals surface area contributed by atoms with Crippen LogP contribution in [-0.4, -0.2) is 67.1 Å². The van der Waals surface area contributed by atoms with Gasteiger partial charge in [-0.1, -0.05) is 0 Å². The topological polar surface area (TPSA) is 116 Å². The van der Waals surface area contributed by atoms with Gasteiger partial charge in [-0.15, -0.1) is 0 Å². The minimum atomic E-state index is -4.50. The molecule has 132 valence electrons. The first kappa shape index (κ1) is 20.4. The molecule has 2 rings (SSSR count). The van der Waals surface area contributed by atoms with E-state index in [1.165, 1.54) is 37.4 Å². The van der Waals surface area contributed by atoms with Crippen LogP contribution in [0.1, 0.15) is 20.7 Å². The number of hydrogen-bond acceptors (Lipinski definition) is 7. The maximum absolute atomic E-state index is 11.9. The van der Waals surface area contributed by atoms with Crippen molar-refractivity contribution >= 4 is 52.8 Å². The summed E-state index contributed by atoms with van der Waals surface area (Å²) in [4.78, 5) is 23.3. The van der Waals surface area contributed by atoms with Gasteiger partial charge in [0.1, 0.15) is 0 Å². The van der Waals surface area contributed by atoms with Gasteiger partial charge < -0.3 is 0 Å². The van der Waals surface area contributed by atoms with Gasteiger partial charge in [-0.05, 0) is 0 Å². The van der Waals surface area contributed by atoms with Crippen LogP contribution in [0.15, 0.2) is 41.3 Å². The van der Waals surface area contributed by atoms with E-state index in [9.17, 15) is 22.6 Å². The Kier molecular flexibility index (Phi) is 6.43. The van der Waals surface area contributed by atoms with Crippen molar-refractivity contribution in [2.24, 2.45) is 0 Å². The van der Waals surface area contributed by atoms with Crippen LogP contribution < -0.4 is 7.55 Å². The Bertz CT molecular complexity index is 968. The molecule has 26 heavy (non-hydrogen) atoms. The van der Waals surface area contributed by atoms with Gasteiger partial charge in [0.2, 0.25) is 0 Å². The van der Waals surface area contributed by atoms with Gasteiger partial charge in [0.25, 0.3) is 0 Å². The molecule has 2 aromatic rings. The third kappa shape index (κ3) is 4.63. The summed E-state index contributed by atoms with van der Waals surface area (Å²) in [5.74, 6) is -1.57. The predicted molar refractivity (Wildman–Crippen MR) is 90.8 cm³/mol. The van der Waals surface area contributed by atoms with Crippen molar-refractivity contribution in [1.29, 1.82) is 0 Å². The maximum atomic E-state index is 11.9. The van der Waals surface area contributed by atoms with E-state index in [4.69, 9.17) is 4.74 Å². The van der Waals surface area contributed by atoms with E-state index < -0.39 is 22.1 Å². The molecular formula is C16H13NaO8S. The van der Waals surface area contributed by atoms with E-state index in [0.717, 1.165) is 9.92 Å². The van der Waals surface area contributed by atoms with Gasteiger partial charge in [-0.2, -0.15) is 0 Å². The third-order valence-electron chi connectivity index (χ3n) is 3.41. The first-order chi connectivity index (χ1) is 12.2. The predicted octanol–water partition coefficient (Wildman–Crippen LogP) is 1.09. The van der Waals surface area contributed by atoms with Crippen molar-refractivity contribution in [2.75, 3.05) is 14.2 Å². The van der Waals surface area contributed by atoms with Crippen LogP contribution in [0.5, 0.6) is 11.5 Å². The van der Waals surface area contributed by atoms with E-state index >= 15 is 0 Å². The van der Waals surface area contributed by atoms with Crippen molar-refractivity contribution in [3.8, 4) is 11.5 Å². The van der Waals surface area contributed by atoms with Crippen LogP contribution >= 0.6 is 0 Å². The summed E-state index contributed by atoms with van der Waals surface area (Å²) in [6.07, 6.45) is 0. The van der Waals surface area contributed by atoms with Gasteiger partial charge in [-0.3, -0.25) is 0 Å². The van der Waals surface area contributed by atoms with Crippen LogP contribution in [-0.2, 0) is 19.6 Å². The Balaban J connectivity index is 2.52. The number of carbonyl (C=O) groups is 2. The van der Waals surface area contributed by atoms with Crippen LogP contribution in [0.4, 0.5) is 0 Å². The molecule has 0 amide bonds. The van der Waals surface area contributed by atoms with Gasteiger partial charge in [-0.25, -0.2) is 0 Å². The van der Waals surface area contributed by atoms with E-state index in [-0.39, 0.29) is 27.5 Å². The summed E-state index contributed by atoms with van der Waals surface area (Å²) < 4.78 is 48.0. The summed E-state index contributed by atoms with van der Waals surface area (Å²) in [5.41, 5.74) is -0.138. The van der Waals surface area contributed by atoms with E-state index in [1.54, 1.807) is 6.07 Å². The number of esters is 2. The number of benzene rings is 2. The van der Waals surface area contributed by atoms with Crippen LogP contribution in [0.25, 0.3) is 0 Å². The Morgan fingerprint density at radius 3 is 2.15 bits per heavy atom. The van der Waals surface area contributed by atoms with Crippen molar-refractivity contribution in [1.82, 2.24) is 0 Å². The fraction of sp³-hybridized carbons (Fsp3) is 0.125. The molecule has 0 heterocycles. The van der Waals surface area contributed by atoms with Crippen molar-refractivity contribution in [3.05, 3.63) is 47.5 Å². The minimum absolute atomic E-state index is 0.0309. The summed E-state index contributed by atoms with van der Waals surface area (Å²) in [6.45, 7) is 0. The first-order valence-corrected chi connectivity index (χ1v) is 9.68. The van der Waals surface area contributed by atoms with E-state index in [1.807, 2.05) is 0 Å². The molecule has 0 saturated heterocycles. The second-order valence-electron chi connectivity index (χ2n) is 5.22. The van der Waals surface area contributed by atoms with Crippen molar-refractivity contribution in [2.45, 2.75) is 4.90 Å². The fourth-order valence-electron chi connectivity index (χ4n) is 2.18. The number of rotatable bonds is 5. The zero-order valence-corrected chi connectivity index (χ0v) is 17.0. The van der Waals surface area contributed by atoms with Crippen LogP contribution in [0.2, 0.25) is 0 Å². The third-order valence-corrected chi connectivity index (χ3v) is 4.90. The molecule has 0 aromatic heterocycles. The van der Waals surface area contributed by atoms with Gasteiger partial charge in [0, 0.05) is 0 Å². The second kappa shape index (κ2) is 8.19. The molecule has 0 fully saturated rings. The SMILES string of the molecule is COC(=O)c1ccc(Oc2cc[c]([Na])cc2S(=O)(=O)O)cc1C(=O)OC. The fourth-order valence-corrected chi connectivity index (χ4v) is 3.55. The molecule has 0 aliphatic heterocycles. The summed E-state index contributed by atoms with van der Waals surface area (Å²) in [6, 6.07) is 8.24. The molecule has 0 aliphatic carbocycles. The molecule has 2 aromatic carbocycles. The molecule has 0 aliphatic rings. The Labute approximate surface area is 167 Å². The molecule has 0 radical (unpaired) electrons. The molecular weight excluding hydrogens is 375 g/mol. The zero-order chi connectivity index (χ0) is 19.5. The number of methoxy groups -OCH3 is 2. The molecule has 10 heteroatoms. The summed E-state index contributed by atoms with van der Waals surface area (Å²) >= 11 is 0.576. The van der Waals surface area contributed by atoms with Gasteiger partial charge in [0.05, 0.1) is 0 Å².